The van der Waals surface area contributed by atoms with Gasteiger partial charge in [-0.05, 0) is 106 Å². The van der Waals surface area contributed by atoms with Crippen molar-refractivity contribution in [3.05, 3.63) is 107 Å². The predicted octanol–water partition coefficient (Wildman–Crippen LogP) is 5.16. The van der Waals surface area contributed by atoms with Crippen molar-refractivity contribution in [3.8, 4) is 28.3 Å². The van der Waals surface area contributed by atoms with Crippen LogP contribution in [0.15, 0.2) is 73.3 Å². The van der Waals surface area contributed by atoms with Crippen LogP contribution < -0.4 is 9.44 Å². The molecule has 0 spiro atoms. The molecule has 2 N–H and O–H groups in total. The average molecular weight is 700 g/mol. The normalized spacial score (nSPS) is 16.9. The van der Waals surface area contributed by atoms with Crippen molar-refractivity contribution in [3.63, 3.8) is 0 Å². The smallest absolute Gasteiger partial charge is 0.214 e. The molecule has 6 rings (SSSR count). The number of nitrogens with one attached hydrogen (secondary N) is 2. The number of nitrogens with zero attached hydrogens (tertiary/aromatic N) is 3. The van der Waals surface area contributed by atoms with Gasteiger partial charge in [-0.3, -0.25) is 14.8 Å². The topological polar surface area (TPSA) is 159 Å². The summed E-state index contributed by atoms with van der Waals surface area (Å²) in [5.41, 5.74) is 9.48. The summed E-state index contributed by atoms with van der Waals surface area (Å²) in [7, 11) is -6.54. The van der Waals surface area contributed by atoms with E-state index in [0.29, 0.717) is 36.8 Å². The number of carbonyl (C=O) groups excluding carboxylic acids is 1. The van der Waals surface area contributed by atoms with E-state index in [0.717, 1.165) is 38.9 Å². The minimum absolute atomic E-state index is 0.0151. The number of hydrogen-bond acceptors (Lipinski definition) is 8. The van der Waals surface area contributed by atoms with Gasteiger partial charge in [-0.2, -0.15) is 5.26 Å². The zero-order valence-corrected chi connectivity index (χ0v) is 29.9. The molecule has 0 radical (unpaired) electrons. The summed E-state index contributed by atoms with van der Waals surface area (Å²) in [5, 5.41) is 8.12. The third-order valence-electron chi connectivity index (χ3n) is 8.86. The van der Waals surface area contributed by atoms with Gasteiger partial charge in [-0.1, -0.05) is 36.4 Å². The monoisotopic (exact) mass is 699 g/mol. The van der Waals surface area contributed by atoms with Gasteiger partial charge in [0.2, 0.25) is 20.0 Å². The summed E-state index contributed by atoms with van der Waals surface area (Å²) in [6.07, 6.45) is 9.34. The highest BCUT2D eigenvalue weighted by molar-refractivity contribution is 7.90. The molecular formula is C37H41N5O5S2. The Labute approximate surface area is 289 Å². The van der Waals surface area contributed by atoms with Crippen molar-refractivity contribution in [2.75, 3.05) is 0 Å². The van der Waals surface area contributed by atoms with Crippen molar-refractivity contribution < 1.29 is 21.6 Å². The molecule has 0 aliphatic heterocycles. The maximum Gasteiger partial charge on any atom is 0.214 e. The molecule has 2 atom stereocenters. The van der Waals surface area contributed by atoms with Crippen LogP contribution in [-0.4, -0.2) is 55.2 Å². The van der Waals surface area contributed by atoms with Gasteiger partial charge >= 0.3 is 0 Å². The summed E-state index contributed by atoms with van der Waals surface area (Å²) in [5.74, 6) is -0.0151. The molecule has 0 amide bonds. The number of rotatable bonds is 9. The maximum absolute atomic E-state index is 12.1. The summed E-state index contributed by atoms with van der Waals surface area (Å²) < 4.78 is 53.8. The van der Waals surface area contributed by atoms with Gasteiger partial charge in [0.1, 0.15) is 6.07 Å². The molecule has 0 fully saturated rings. The Morgan fingerprint density at radius 1 is 0.673 bits per heavy atom. The SMILES string of the molecule is CC(=O)c1cncc(-c2ccc3c(c2)CC(NS(=O)(=O)C(C)C)C3)c1.CC(C)S(=O)(=O)NC1Cc2ccc(-c3cncc(C#N)c3)cc2C1. The second-order valence-corrected chi connectivity index (χ2v) is 17.7. The number of nitriles is 1. The second-order valence-electron chi connectivity index (χ2n) is 13.2. The third kappa shape index (κ3) is 8.66. The second kappa shape index (κ2) is 14.7. The summed E-state index contributed by atoms with van der Waals surface area (Å²) >= 11 is 0. The van der Waals surface area contributed by atoms with E-state index in [4.69, 9.17) is 5.26 Å². The molecule has 0 bridgehead atoms. The van der Waals surface area contributed by atoms with Crippen LogP contribution in [0.2, 0.25) is 0 Å². The molecule has 2 aromatic heterocycles. The van der Waals surface area contributed by atoms with Gasteiger partial charge < -0.3 is 0 Å². The fraction of sp³-hybridized carbons (Fsp3) is 0.351. The first-order valence-electron chi connectivity index (χ1n) is 16.2. The molecule has 2 aromatic carbocycles. The predicted molar refractivity (Wildman–Crippen MR) is 191 cm³/mol. The van der Waals surface area contributed by atoms with Gasteiger partial charge in [0.05, 0.1) is 16.1 Å². The fourth-order valence-corrected chi connectivity index (χ4v) is 7.76. The van der Waals surface area contributed by atoms with E-state index in [1.807, 2.05) is 36.4 Å². The van der Waals surface area contributed by atoms with Crippen molar-refractivity contribution >= 4 is 25.8 Å². The number of aromatic nitrogens is 2. The van der Waals surface area contributed by atoms with Crippen molar-refractivity contribution in [1.82, 2.24) is 19.4 Å². The highest BCUT2D eigenvalue weighted by atomic mass is 32.2. The van der Waals surface area contributed by atoms with E-state index in [1.165, 1.54) is 18.7 Å². The van der Waals surface area contributed by atoms with Crippen molar-refractivity contribution in [2.45, 2.75) is 82.9 Å². The van der Waals surface area contributed by atoms with Crippen LogP contribution in [-0.2, 0) is 45.7 Å². The van der Waals surface area contributed by atoms with Crippen LogP contribution in [0.25, 0.3) is 22.3 Å². The van der Waals surface area contributed by atoms with Crippen LogP contribution in [0.4, 0.5) is 0 Å². The Morgan fingerprint density at radius 2 is 1.12 bits per heavy atom. The van der Waals surface area contributed by atoms with E-state index < -0.39 is 30.5 Å². The minimum Gasteiger partial charge on any atom is -0.294 e. The molecule has 4 aromatic rings. The number of benzene rings is 2. The van der Waals surface area contributed by atoms with Crippen LogP contribution in [0.5, 0.6) is 0 Å². The van der Waals surface area contributed by atoms with Gasteiger partial charge in [-0.25, -0.2) is 26.3 Å². The third-order valence-corrected chi connectivity index (χ3v) is 12.7. The zero-order chi connectivity index (χ0) is 35.5. The molecule has 49 heavy (non-hydrogen) atoms. The van der Waals surface area contributed by atoms with Gasteiger partial charge in [0.15, 0.2) is 5.78 Å². The molecular weight excluding hydrogens is 659 g/mol. The molecule has 10 nitrogen and oxygen atoms in total. The molecule has 256 valence electrons. The lowest BCUT2D eigenvalue weighted by Crippen LogP contribution is -2.39. The van der Waals surface area contributed by atoms with Crippen LogP contribution in [0.3, 0.4) is 0 Å². The molecule has 2 unspecified atom stereocenters. The van der Waals surface area contributed by atoms with Crippen LogP contribution in [0, 0.1) is 11.3 Å². The number of carbonyl (C=O) groups is 1. The Morgan fingerprint density at radius 3 is 1.57 bits per heavy atom. The molecule has 2 aliphatic carbocycles. The van der Waals surface area contributed by atoms with E-state index in [2.05, 4.69) is 37.6 Å². The van der Waals surface area contributed by atoms with Crippen molar-refractivity contribution in [1.29, 1.82) is 5.26 Å². The summed E-state index contributed by atoms with van der Waals surface area (Å²) in [6.45, 7) is 8.24. The Kier molecular flexibility index (Phi) is 10.8. The number of fused-ring (bicyclic) bond motifs is 2. The van der Waals surface area contributed by atoms with E-state index in [1.54, 1.807) is 46.3 Å². The lowest BCUT2D eigenvalue weighted by atomic mass is 10.0. The van der Waals surface area contributed by atoms with E-state index >= 15 is 0 Å². The van der Waals surface area contributed by atoms with Gasteiger partial charge in [-0.15, -0.1) is 0 Å². The number of sulfonamides is 2. The van der Waals surface area contributed by atoms with Gasteiger partial charge in [0.25, 0.3) is 0 Å². The Hall–Kier alpha value is -4.28. The van der Waals surface area contributed by atoms with Gasteiger partial charge in [0, 0.05) is 53.6 Å². The van der Waals surface area contributed by atoms with Crippen LogP contribution >= 0.6 is 0 Å². The lowest BCUT2D eigenvalue weighted by molar-refractivity contribution is 0.101. The fourth-order valence-electron chi connectivity index (χ4n) is 5.95. The highest BCUT2D eigenvalue weighted by Crippen LogP contribution is 2.30. The number of ketones is 1. The zero-order valence-electron chi connectivity index (χ0n) is 28.3. The number of pyridine rings is 2. The molecule has 2 heterocycles. The Bertz CT molecular complexity index is 2140. The summed E-state index contributed by atoms with van der Waals surface area (Å²) in [4.78, 5) is 19.8. The largest absolute Gasteiger partial charge is 0.294 e. The first-order chi connectivity index (χ1) is 23.1. The number of Topliss-reactive ketones (excluding diaryl/α,β-unsaturated/α-hetero) is 1. The molecule has 0 saturated heterocycles. The number of hydrogen-bond donors (Lipinski definition) is 2. The first kappa shape index (κ1) is 36.0. The molecule has 2 aliphatic rings. The van der Waals surface area contributed by atoms with E-state index in [9.17, 15) is 21.6 Å². The lowest BCUT2D eigenvalue weighted by Gasteiger charge is -2.14. The standard InChI is InChI=1S/C19H22N2O3S.C18H19N3O2S/c1-12(2)25(23,24)21-19-8-15-5-4-14(6-16(15)9-19)18-7-17(13(3)22)10-20-11-18;1-12(2)24(22,23)21-18-7-15-4-3-14(6-16(15)8-18)17-5-13(9-19)10-20-11-17/h4-7,10-12,19,21H,8-9H2,1-3H3;3-6,10-12,18,21H,7-8H2,1-2H3. The molecule has 0 saturated carbocycles. The van der Waals surface area contributed by atoms with Crippen LogP contribution in [0.1, 0.15) is 72.8 Å². The maximum atomic E-state index is 12.1. The minimum atomic E-state index is -3.27. The Balaban J connectivity index is 0.000000191. The summed E-state index contributed by atoms with van der Waals surface area (Å²) in [6, 6.07) is 17.8. The molecule has 12 heteroatoms. The van der Waals surface area contributed by atoms with E-state index in [-0.39, 0.29) is 17.9 Å². The highest BCUT2D eigenvalue weighted by Gasteiger charge is 2.28. The average Bonchev–Trinajstić information content (AvgIpc) is 3.66. The quantitative estimate of drug-likeness (QED) is 0.227. The first-order valence-corrected chi connectivity index (χ1v) is 19.3. The van der Waals surface area contributed by atoms with Crippen molar-refractivity contribution in [2.24, 2.45) is 0 Å².